The van der Waals surface area contributed by atoms with Gasteiger partial charge in [-0.05, 0) is 0 Å². The number of rotatable bonds is 7. The zero-order valence-electron chi connectivity index (χ0n) is 9.53. The third kappa shape index (κ3) is 4.31. The first-order chi connectivity index (χ1) is 8.64. The van der Waals surface area contributed by atoms with Gasteiger partial charge in [-0.1, -0.05) is 0 Å². The second-order valence-corrected chi connectivity index (χ2v) is 3.71. The molecule has 0 saturated heterocycles. The maximum absolute atomic E-state index is 10.3. The Morgan fingerprint density at radius 3 is 1.68 bits per heavy atom. The minimum Gasteiger partial charge on any atom is -0.506 e. The van der Waals surface area contributed by atoms with Gasteiger partial charge in [0.2, 0.25) is 5.76 Å². The lowest BCUT2D eigenvalue weighted by Crippen LogP contribution is -2.50. The monoisotopic (exact) mass is 284 g/mol. The summed E-state index contributed by atoms with van der Waals surface area (Å²) in [6.45, 7) is -0.955. The van der Waals surface area contributed by atoms with Gasteiger partial charge in [0.15, 0.2) is 5.76 Å². The first-order valence-corrected chi connectivity index (χ1v) is 5.01. The molecule has 0 spiro atoms. The van der Waals surface area contributed by atoms with Crippen molar-refractivity contribution < 1.29 is 50.8 Å². The molecule has 0 heterocycles. The summed E-state index contributed by atoms with van der Waals surface area (Å²) in [4.78, 5) is 10.3. The molecule has 0 bridgehead atoms. The molecule has 0 unspecified atom stereocenters. The standard InChI is InChI=1S/C9H16O10/c10-1-2(11)3(12)4(13)5(14)6(15)7(16)8(17)9(18)19/h2-6,10-17H,1H2,(H,18,19)/b8-7+/t2-,3-,4+,5+,6-/m1/s1. The van der Waals surface area contributed by atoms with E-state index in [1.807, 2.05) is 0 Å². The zero-order chi connectivity index (χ0) is 15.3. The van der Waals surface area contributed by atoms with Crippen LogP contribution < -0.4 is 0 Å². The van der Waals surface area contributed by atoms with Gasteiger partial charge in [-0.2, -0.15) is 0 Å². The van der Waals surface area contributed by atoms with Crippen LogP contribution in [0.2, 0.25) is 0 Å². The van der Waals surface area contributed by atoms with E-state index in [0.717, 1.165) is 0 Å². The molecule has 9 N–H and O–H groups in total. The van der Waals surface area contributed by atoms with Crippen molar-refractivity contribution in [2.24, 2.45) is 0 Å². The number of hydrogen-bond acceptors (Lipinski definition) is 9. The van der Waals surface area contributed by atoms with Gasteiger partial charge in [0.05, 0.1) is 6.61 Å². The number of aliphatic hydroxyl groups excluding tert-OH is 8. The van der Waals surface area contributed by atoms with Crippen LogP contribution in [0.15, 0.2) is 11.5 Å². The van der Waals surface area contributed by atoms with Gasteiger partial charge in [0, 0.05) is 0 Å². The molecule has 0 fully saturated rings. The lowest BCUT2D eigenvalue weighted by atomic mass is 9.98. The van der Waals surface area contributed by atoms with Crippen LogP contribution in [-0.4, -0.2) is 89.1 Å². The van der Waals surface area contributed by atoms with Gasteiger partial charge in [-0.15, -0.1) is 0 Å². The predicted molar refractivity (Wildman–Crippen MR) is 57.0 cm³/mol. The van der Waals surface area contributed by atoms with Crippen molar-refractivity contribution in [3.8, 4) is 0 Å². The van der Waals surface area contributed by atoms with Crippen LogP contribution in [-0.2, 0) is 4.79 Å². The van der Waals surface area contributed by atoms with E-state index in [2.05, 4.69) is 0 Å². The molecule has 0 aromatic heterocycles. The molecule has 0 rings (SSSR count). The van der Waals surface area contributed by atoms with E-state index in [-0.39, 0.29) is 0 Å². The number of aliphatic hydroxyl groups is 8. The number of aliphatic carboxylic acids is 1. The van der Waals surface area contributed by atoms with E-state index in [9.17, 15) is 25.2 Å². The van der Waals surface area contributed by atoms with E-state index in [1.165, 1.54) is 0 Å². The zero-order valence-corrected chi connectivity index (χ0v) is 9.53. The lowest BCUT2D eigenvalue weighted by molar-refractivity contribution is -0.142. The third-order valence-corrected chi connectivity index (χ3v) is 2.33. The summed E-state index contributed by atoms with van der Waals surface area (Å²) in [5.74, 6) is -5.19. The summed E-state index contributed by atoms with van der Waals surface area (Å²) in [7, 11) is 0. The second-order valence-electron chi connectivity index (χ2n) is 3.71. The smallest absolute Gasteiger partial charge is 0.374 e. The maximum Gasteiger partial charge on any atom is 0.374 e. The summed E-state index contributed by atoms with van der Waals surface area (Å²) in [6, 6.07) is 0. The summed E-state index contributed by atoms with van der Waals surface area (Å²) >= 11 is 0. The molecular weight excluding hydrogens is 268 g/mol. The Balaban J connectivity index is 4.96. The third-order valence-electron chi connectivity index (χ3n) is 2.33. The fourth-order valence-corrected chi connectivity index (χ4v) is 1.14. The molecule has 0 aromatic rings. The lowest BCUT2D eigenvalue weighted by Gasteiger charge is -2.28. The van der Waals surface area contributed by atoms with Crippen molar-refractivity contribution in [2.75, 3.05) is 6.61 Å². The Hall–Kier alpha value is -1.43. The fraction of sp³-hybridized carbons (Fsp3) is 0.667. The van der Waals surface area contributed by atoms with Crippen LogP contribution in [0, 0.1) is 0 Å². The van der Waals surface area contributed by atoms with Crippen LogP contribution in [0.25, 0.3) is 0 Å². The normalized spacial score (nSPS) is 20.9. The minimum absolute atomic E-state index is 0.955. The number of carboxylic acids is 1. The Labute approximate surface area is 106 Å². The van der Waals surface area contributed by atoms with Crippen molar-refractivity contribution in [3.63, 3.8) is 0 Å². The highest BCUT2D eigenvalue weighted by molar-refractivity contribution is 5.84. The molecular formula is C9H16O10. The summed E-state index contributed by atoms with van der Waals surface area (Å²) < 4.78 is 0. The van der Waals surface area contributed by atoms with Gasteiger partial charge >= 0.3 is 5.97 Å². The highest BCUT2D eigenvalue weighted by Crippen LogP contribution is 2.14. The maximum atomic E-state index is 10.3. The Morgan fingerprint density at radius 1 is 0.842 bits per heavy atom. The van der Waals surface area contributed by atoms with E-state index in [0.29, 0.717) is 0 Å². The van der Waals surface area contributed by atoms with Crippen LogP contribution in [0.5, 0.6) is 0 Å². The molecule has 0 aliphatic carbocycles. The Bertz CT molecular complexity index is 340. The average molecular weight is 284 g/mol. The first-order valence-electron chi connectivity index (χ1n) is 5.01. The van der Waals surface area contributed by atoms with Gasteiger partial charge in [-0.3, -0.25) is 0 Å². The van der Waals surface area contributed by atoms with Crippen molar-refractivity contribution >= 4 is 5.97 Å². The van der Waals surface area contributed by atoms with Crippen molar-refractivity contribution in [2.45, 2.75) is 30.5 Å². The van der Waals surface area contributed by atoms with E-state index < -0.39 is 54.6 Å². The molecule has 5 atom stereocenters. The first kappa shape index (κ1) is 17.6. The number of carbonyl (C=O) groups is 1. The predicted octanol–water partition coefficient (Wildman–Crippen LogP) is -3.80. The highest BCUT2D eigenvalue weighted by atomic mass is 16.4. The second kappa shape index (κ2) is 7.23. The van der Waals surface area contributed by atoms with Crippen LogP contribution in [0.1, 0.15) is 0 Å². The molecule has 112 valence electrons. The molecule has 0 saturated carbocycles. The van der Waals surface area contributed by atoms with Crippen molar-refractivity contribution in [3.05, 3.63) is 11.5 Å². The SMILES string of the molecule is O=C(O)/C(O)=C(\O)[C@H](O)[C@@H](O)[C@@H](O)[C@H](O)[C@H](O)CO. The number of hydrogen-bond donors (Lipinski definition) is 9. The van der Waals surface area contributed by atoms with E-state index >= 15 is 0 Å². The Kier molecular flexibility index (Phi) is 6.69. The van der Waals surface area contributed by atoms with Crippen molar-refractivity contribution in [1.82, 2.24) is 0 Å². The average Bonchev–Trinajstić information content (AvgIpc) is 2.40. The largest absolute Gasteiger partial charge is 0.506 e. The highest BCUT2D eigenvalue weighted by Gasteiger charge is 2.37. The molecule has 10 nitrogen and oxygen atoms in total. The molecule has 0 amide bonds. The van der Waals surface area contributed by atoms with Crippen LogP contribution >= 0.6 is 0 Å². The van der Waals surface area contributed by atoms with Gasteiger partial charge < -0.3 is 46.0 Å². The molecule has 0 aliphatic heterocycles. The van der Waals surface area contributed by atoms with E-state index in [1.54, 1.807) is 0 Å². The molecule has 0 aromatic carbocycles. The van der Waals surface area contributed by atoms with Gasteiger partial charge in [0.25, 0.3) is 0 Å². The quantitative estimate of drug-likeness (QED) is 0.165. The Morgan fingerprint density at radius 2 is 1.32 bits per heavy atom. The molecule has 0 aliphatic rings. The molecule has 10 heteroatoms. The fourth-order valence-electron chi connectivity index (χ4n) is 1.14. The van der Waals surface area contributed by atoms with Gasteiger partial charge in [-0.25, -0.2) is 4.79 Å². The van der Waals surface area contributed by atoms with Crippen LogP contribution in [0.4, 0.5) is 0 Å². The number of carboxylic acid groups (broad SMARTS) is 1. The summed E-state index contributed by atoms with van der Waals surface area (Å²) in [5, 5.41) is 80.9. The summed E-state index contributed by atoms with van der Waals surface area (Å²) in [6.07, 6.45) is -10.9. The van der Waals surface area contributed by atoms with Gasteiger partial charge in [0.1, 0.15) is 30.5 Å². The van der Waals surface area contributed by atoms with E-state index in [4.69, 9.17) is 25.5 Å². The topological polar surface area (TPSA) is 199 Å². The molecule has 19 heavy (non-hydrogen) atoms. The van der Waals surface area contributed by atoms with Crippen molar-refractivity contribution in [1.29, 1.82) is 0 Å². The van der Waals surface area contributed by atoms with Crippen LogP contribution in [0.3, 0.4) is 0 Å². The molecule has 0 radical (unpaired) electrons. The minimum atomic E-state index is -2.42. The summed E-state index contributed by atoms with van der Waals surface area (Å²) in [5.41, 5.74) is 0.